The third-order valence-electron chi connectivity index (χ3n) is 4.27. The van der Waals surface area contributed by atoms with Crippen molar-refractivity contribution in [1.82, 2.24) is 0 Å². The molecule has 0 aliphatic carbocycles. The molecule has 0 bridgehead atoms. The number of hydrogen-bond acceptors (Lipinski definition) is 6. The molecule has 28 heavy (non-hydrogen) atoms. The minimum atomic E-state index is -0.343. The molecule has 0 saturated heterocycles. The number of benzene rings is 2. The Kier molecular flexibility index (Phi) is 6.26. The van der Waals surface area contributed by atoms with E-state index in [1.807, 2.05) is 18.2 Å². The summed E-state index contributed by atoms with van der Waals surface area (Å²) in [5.74, 6) is 1.55. The van der Waals surface area contributed by atoms with Crippen molar-refractivity contribution in [2.75, 3.05) is 21.3 Å². The maximum atomic E-state index is 11.7. The van der Waals surface area contributed by atoms with Crippen molar-refractivity contribution in [3.8, 4) is 11.5 Å². The lowest BCUT2D eigenvalue weighted by molar-refractivity contribution is -0.139. The van der Waals surface area contributed by atoms with Gasteiger partial charge in [0.15, 0.2) is 0 Å². The molecule has 1 aromatic heterocycles. The van der Waals surface area contributed by atoms with Gasteiger partial charge in [0.25, 0.3) is 0 Å². The molecule has 6 nitrogen and oxygen atoms in total. The quantitative estimate of drug-likeness (QED) is 0.442. The van der Waals surface area contributed by atoms with Crippen LogP contribution in [0.3, 0.4) is 0 Å². The zero-order valence-electron chi connectivity index (χ0n) is 16.1. The summed E-state index contributed by atoms with van der Waals surface area (Å²) in [6, 6.07) is 11.0. The summed E-state index contributed by atoms with van der Waals surface area (Å²) in [4.78, 5) is 11.7. The van der Waals surface area contributed by atoms with E-state index < -0.39 is 0 Å². The molecule has 0 aliphatic rings. The van der Waals surface area contributed by atoms with Gasteiger partial charge in [-0.05, 0) is 23.8 Å². The van der Waals surface area contributed by atoms with Gasteiger partial charge in [-0.25, -0.2) is 0 Å². The summed E-state index contributed by atoms with van der Waals surface area (Å²) < 4.78 is 26.8. The smallest absolute Gasteiger partial charge is 0.310 e. The van der Waals surface area contributed by atoms with Gasteiger partial charge in [-0.3, -0.25) is 4.79 Å². The number of esters is 1. The van der Waals surface area contributed by atoms with Crippen LogP contribution in [0, 0.1) is 0 Å². The van der Waals surface area contributed by atoms with Crippen LogP contribution in [0.5, 0.6) is 11.5 Å². The van der Waals surface area contributed by atoms with Crippen molar-refractivity contribution in [3.63, 3.8) is 0 Å². The molecule has 0 aliphatic heterocycles. The molecule has 2 radical (unpaired) electrons. The van der Waals surface area contributed by atoms with Crippen molar-refractivity contribution in [1.29, 1.82) is 0 Å². The molecule has 0 N–H and O–H groups in total. The van der Waals surface area contributed by atoms with E-state index in [4.69, 9.17) is 31.2 Å². The molecule has 0 spiro atoms. The lowest BCUT2D eigenvalue weighted by atomic mass is 9.92. The monoisotopic (exact) mass is 380 g/mol. The molecule has 3 aromatic rings. The van der Waals surface area contributed by atoms with Gasteiger partial charge in [-0.1, -0.05) is 17.6 Å². The van der Waals surface area contributed by atoms with E-state index in [0.717, 1.165) is 10.9 Å². The highest BCUT2D eigenvalue weighted by Crippen LogP contribution is 2.27. The molecule has 0 saturated carbocycles. The zero-order chi connectivity index (χ0) is 20.1. The Morgan fingerprint density at radius 3 is 2.61 bits per heavy atom. The van der Waals surface area contributed by atoms with Gasteiger partial charge in [0.2, 0.25) is 0 Å². The first-order valence-corrected chi connectivity index (χ1v) is 8.70. The molecule has 2 aromatic carbocycles. The maximum absolute atomic E-state index is 11.7. The van der Waals surface area contributed by atoms with Crippen LogP contribution in [0.2, 0.25) is 0 Å². The summed E-state index contributed by atoms with van der Waals surface area (Å²) in [6.45, 7) is 0.646. The van der Waals surface area contributed by atoms with E-state index in [2.05, 4.69) is 0 Å². The first-order chi connectivity index (χ1) is 13.5. The van der Waals surface area contributed by atoms with Gasteiger partial charge in [0.1, 0.15) is 43.9 Å². The molecule has 144 valence electrons. The van der Waals surface area contributed by atoms with E-state index in [-0.39, 0.29) is 19.0 Å². The van der Waals surface area contributed by atoms with E-state index >= 15 is 0 Å². The van der Waals surface area contributed by atoms with Crippen LogP contribution in [-0.2, 0) is 33.9 Å². The molecule has 3 rings (SSSR count). The first-order valence-electron chi connectivity index (χ1n) is 8.70. The van der Waals surface area contributed by atoms with E-state index in [9.17, 15) is 4.79 Å². The van der Waals surface area contributed by atoms with E-state index in [0.29, 0.717) is 40.5 Å². The van der Waals surface area contributed by atoms with Crippen LogP contribution in [0.4, 0.5) is 0 Å². The second-order valence-corrected chi connectivity index (χ2v) is 6.26. The summed E-state index contributed by atoms with van der Waals surface area (Å²) in [5, 5.41) is 0.881. The lowest BCUT2D eigenvalue weighted by Gasteiger charge is -2.13. The van der Waals surface area contributed by atoms with E-state index in [1.54, 1.807) is 32.4 Å². The third kappa shape index (κ3) is 4.48. The molecule has 1 heterocycles. The van der Waals surface area contributed by atoms with Gasteiger partial charge in [0.05, 0.1) is 20.6 Å². The summed E-state index contributed by atoms with van der Waals surface area (Å²) in [5.41, 5.74) is 2.75. The van der Waals surface area contributed by atoms with Crippen molar-refractivity contribution >= 4 is 30.2 Å². The standard InChI is InChI=1S/C21H21BO6/c1-24-12-17-8-15-6-13(7-18(22)21(15)28-17)11-27-19-10-16(25-2)5-4-14(19)9-20(23)26-3/h4-8,10H,9,11-12H2,1-3H3. The minimum Gasteiger partial charge on any atom is -0.497 e. The highest BCUT2D eigenvalue weighted by atomic mass is 16.5. The molecular formula is C21H21BO6. The Bertz CT molecular complexity index is 978. The SMILES string of the molecule is [B]c1cc(COc2cc(OC)ccc2CC(=O)OC)cc2cc(COC)oc12. The number of methoxy groups -OCH3 is 3. The fourth-order valence-electron chi connectivity index (χ4n) is 2.93. The van der Waals surface area contributed by atoms with Gasteiger partial charge in [-0.15, -0.1) is 0 Å². The number of hydrogen-bond donors (Lipinski definition) is 0. The van der Waals surface area contributed by atoms with Crippen LogP contribution in [0.25, 0.3) is 11.0 Å². The van der Waals surface area contributed by atoms with Crippen molar-refractivity contribution in [2.45, 2.75) is 19.6 Å². The van der Waals surface area contributed by atoms with Crippen molar-refractivity contribution < 1.29 is 28.2 Å². The fourth-order valence-corrected chi connectivity index (χ4v) is 2.93. The number of rotatable bonds is 8. The molecular weight excluding hydrogens is 359 g/mol. The maximum Gasteiger partial charge on any atom is 0.310 e. The zero-order valence-corrected chi connectivity index (χ0v) is 16.1. The van der Waals surface area contributed by atoms with Gasteiger partial charge < -0.3 is 23.4 Å². The summed E-state index contributed by atoms with van der Waals surface area (Å²) in [7, 11) is 10.7. The summed E-state index contributed by atoms with van der Waals surface area (Å²) >= 11 is 0. The Labute approximate surface area is 164 Å². The highest BCUT2D eigenvalue weighted by Gasteiger charge is 2.13. The van der Waals surface area contributed by atoms with Crippen LogP contribution >= 0.6 is 0 Å². The molecule has 0 unspecified atom stereocenters. The average Bonchev–Trinajstić information content (AvgIpc) is 3.10. The largest absolute Gasteiger partial charge is 0.497 e. The van der Waals surface area contributed by atoms with Gasteiger partial charge in [0, 0.05) is 24.1 Å². The Hall–Kier alpha value is -2.93. The number of carbonyl (C=O) groups excluding carboxylic acids is 1. The molecule has 0 atom stereocenters. The van der Waals surface area contributed by atoms with Gasteiger partial charge >= 0.3 is 5.97 Å². The number of carbonyl (C=O) groups is 1. The predicted octanol–water partition coefficient (Wildman–Crippen LogP) is 2.68. The van der Waals surface area contributed by atoms with Crippen molar-refractivity contribution in [3.05, 3.63) is 53.3 Å². The molecule has 0 amide bonds. The number of ether oxygens (including phenoxy) is 4. The second-order valence-electron chi connectivity index (χ2n) is 6.26. The van der Waals surface area contributed by atoms with E-state index in [1.165, 1.54) is 7.11 Å². The fraction of sp³-hybridized carbons (Fsp3) is 0.286. The number of fused-ring (bicyclic) bond motifs is 1. The number of furan rings is 1. The van der Waals surface area contributed by atoms with Crippen LogP contribution in [0.1, 0.15) is 16.9 Å². The Morgan fingerprint density at radius 1 is 1.07 bits per heavy atom. The highest BCUT2D eigenvalue weighted by molar-refractivity contribution is 6.38. The third-order valence-corrected chi connectivity index (χ3v) is 4.27. The normalized spacial score (nSPS) is 10.8. The predicted molar refractivity (Wildman–Crippen MR) is 105 cm³/mol. The van der Waals surface area contributed by atoms with Crippen LogP contribution < -0.4 is 14.9 Å². The summed E-state index contributed by atoms with van der Waals surface area (Å²) in [6.07, 6.45) is 0.110. The van der Waals surface area contributed by atoms with Gasteiger partial charge in [-0.2, -0.15) is 0 Å². The lowest BCUT2D eigenvalue weighted by Crippen LogP contribution is -2.09. The Morgan fingerprint density at radius 2 is 1.89 bits per heavy atom. The van der Waals surface area contributed by atoms with Crippen LogP contribution in [0.15, 0.2) is 40.8 Å². The average molecular weight is 380 g/mol. The topological polar surface area (TPSA) is 67.1 Å². The molecule has 0 fully saturated rings. The van der Waals surface area contributed by atoms with Crippen LogP contribution in [-0.4, -0.2) is 35.1 Å². The second kappa shape index (κ2) is 8.84. The minimum absolute atomic E-state index is 0.110. The van der Waals surface area contributed by atoms with Crippen molar-refractivity contribution in [2.24, 2.45) is 0 Å². The molecule has 7 heteroatoms. The first kappa shape index (κ1) is 19.8. The Balaban J connectivity index is 1.83.